The quantitative estimate of drug-likeness (QED) is 0.432. The molecule has 0 nitrogen and oxygen atoms in total. The zero-order valence-corrected chi connectivity index (χ0v) is 17.2. The second-order valence-electron chi connectivity index (χ2n) is 11.6. The molecule has 4 fully saturated rings. The first-order valence-electron chi connectivity index (χ1n) is 11.3. The second-order valence-corrected chi connectivity index (χ2v) is 11.6. The molecule has 4 saturated carbocycles. The standard InChI is InChI=1S/C24H42/c1-17-8-6-13-23(4)18(16-17)10-11-19-20(23)9-7-14-24(5)21(19)12-15-22(24,2)3/h17-21H,6-16H2,1-5H3. The van der Waals surface area contributed by atoms with E-state index in [1.165, 1.54) is 51.4 Å². The molecular formula is C24H42. The van der Waals surface area contributed by atoms with Gasteiger partial charge in [-0.25, -0.2) is 0 Å². The zero-order valence-electron chi connectivity index (χ0n) is 17.2. The van der Waals surface area contributed by atoms with Crippen molar-refractivity contribution in [1.82, 2.24) is 0 Å². The highest BCUT2D eigenvalue weighted by Gasteiger charge is 2.59. The maximum absolute atomic E-state index is 2.75. The smallest absolute Gasteiger partial charge is 0.0244 e. The summed E-state index contributed by atoms with van der Waals surface area (Å²) in [6, 6.07) is 0. The highest BCUT2D eigenvalue weighted by atomic mass is 14.6. The molecular weight excluding hydrogens is 288 g/mol. The molecule has 0 radical (unpaired) electrons. The Morgan fingerprint density at radius 1 is 0.708 bits per heavy atom. The minimum absolute atomic E-state index is 0.572. The van der Waals surface area contributed by atoms with Crippen LogP contribution in [0.15, 0.2) is 0 Å². The van der Waals surface area contributed by atoms with Crippen LogP contribution in [0.2, 0.25) is 0 Å². The summed E-state index contributed by atoms with van der Waals surface area (Å²) >= 11 is 0. The van der Waals surface area contributed by atoms with E-state index in [1.807, 2.05) is 0 Å². The van der Waals surface area contributed by atoms with E-state index in [0.29, 0.717) is 16.2 Å². The van der Waals surface area contributed by atoms with Crippen LogP contribution in [0.3, 0.4) is 0 Å². The van der Waals surface area contributed by atoms with E-state index in [2.05, 4.69) is 34.6 Å². The third-order valence-corrected chi connectivity index (χ3v) is 10.4. The zero-order chi connectivity index (χ0) is 17.2. The van der Waals surface area contributed by atoms with E-state index in [9.17, 15) is 0 Å². The van der Waals surface area contributed by atoms with Crippen LogP contribution in [0.4, 0.5) is 0 Å². The van der Waals surface area contributed by atoms with E-state index < -0.39 is 0 Å². The molecule has 4 rings (SSSR count). The Bertz CT molecular complexity index is 476. The van der Waals surface area contributed by atoms with Crippen molar-refractivity contribution in [3.8, 4) is 0 Å². The lowest BCUT2D eigenvalue weighted by atomic mass is 9.51. The summed E-state index contributed by atoms with van der Waals surface area (Å²) in [6.07, 6.45) is 16.8. The van der Waals surface area contributed by atoms with Gasteiger partial charge >= 0.3 is 0 Å². The van der Waals surface area contributed by atoms with E-state index in [0.717, 1.165) is 29.6 Å². The van der Waals surface area contributed by atoms with Gasteiger partial charge in [0.05, 0.1) is 0 Å². The summed E-state index contributed by atoms with van der Waals surface area (Å²) < 4.78 is 0. The van der Waals surface area contributed by atoms with Crippen LogP contribution in [0.1, 0.15) is 105 Å². The van der Waals surface area contributed by atoms with Gasteiger partial charge in [0.1, 0.15) is 0 Å². The van der Waals surface area contributed by atoms with Crippen molar-refractivity contribution in [3.05, 3.63) is 0 Å². The molecule has 7 unspecified atom stereocenters. The van der Waals surface area contributed by atoms with Crippen LogP contribution in [0, 0.1) is 45.8 Å². The van der Waals surface area contributed by atoms with Gasteiger partial charge in [-0.05, 0) is 97.2 Å². The van der Waals surface area contributed by atoms with Crippen LogP contribution in [0.5, 0.6) is 0 Å². The highest BCUT2D eigenvalue weighted by molar-refractivity contribution is 5.09. The Kier molecular flexibility index (Phi) is 4.17. The SMILES string of the molecule is CC1CCCC2(C)C(CCC3C2CCCC2(C)C3CCC2(C)C)C1. The molecule has 0 N–H and O–H groups in total. The molecule has 0 bridgehead atoms. The fourth-order valence-corrected chi connectivity index (χ4v) is 8.48. The highest BCUT2D eigenvalue weighted by Crippen LogP contribution is 2.68. The fraction of sp³-hybridized carbons (Fsp3) is 1.00. The first kappa shape index (κ1) is 17.4. The normalized spacial score (nSPS) is 54.1. The summed E-state index contributed by atoms with van der Waals surface area (Å²) in [5.74, 6) is 5.14. The maximum Gasteiger partial charge on any atom is -0.0244 e. The van der Waals surface area contributed by atoms with Gasteiger partial charge in [0.25, 0.3) is 0 Å². The molecule has 4 aliphatic carbocycles. The summed E-state index contributed by atoms with van der Waals surface area (Å²) in [7, 11) is 0. The molecule has 4 aliphatic rings. The lowest BCUT2D eigenvalue weighted by molar-refractivity contribution is -0.0542. The van der Waals surface area contributed by atoms with Gasteiger partial charge in [-0.15, -0.1) is 0 Å². The van der Waals surface area contributed by atoms with Crippen molar-refractivity contribution in [1.29, 1.82) is 0 Å². The van der Waals surface area contributed by atoms with Gasteiger partial charge in [-0.1, -0.05) is 53.9 Å². The molecule has 0 spiro atoms. The molecule has 138 valence electrons. The summed E-state index contributed by atoms with van der Waals surface area (Å²) in [6.45, 7) is 13.1. The molecule has 0 aliphatic heterocycles. The summed E-state index contributed by atoms with van der Waals surface area (Å²) in [5, 5.41) is 0. The average Bonchev–Trinajstić information content (AvgIpc) is 2.65. The van der Waals surface area contributed by atoms with E-state index in [1.54, 1.807) is 19.3 Å². The lowest BCUT2D eigenvalue weighted by Gasteiger charge is -2.54. The third-order valence-electron chi connectivity index (χ3n) is 10.4. The fourth-order valence-electron chi connectivity index (χ4n) is 8.48. The van der Waals surface area contributed by atoms with Crippen molar-refractivity contribution in [3.63, 3.8) is 0 Å². The van der Waals surface area contributed by atoms with Crippen LogP contribution in [-0.4, -0.2) is 0 Å². The van der Waals surface area contributed by atoms with Crippen molar-refractivity contribution in [2.24, 2.45) is 45.8 Å². The van der Waals surface area contributed by atoms with Crippen molar-refractivity contribution < 1.29 is 0 Å². The minimum Gasteiger partial charge on any atom is -0.0625 e. The molecule has 0 heterocycles. The number of hydrogen-bond donors (Lipinski definition) is 0. The molecule has 0 aromatic carbocycles. The van der Waals surface area contributed by atoms with Crippen LogP contribution < -0.4 is 0 Å². The van der Waals surface area contributed by atoms with E-state index in [-0.39, 0.29) is 0 Å². The van der Waals surface area contributed by atoms with Crippen molar-refractivity contribution in [2.75, 3.05) is 0 Å². The van der Waals surface area contributed by atoms with E-state index in [4.69, 9.17) is 0 Å². The average molecular weight is 331 g/mol. The summed E-state index contributed by atoms with van der Waals surface area (Å²) in [4.78, 5) is 0. The second kappa shape index (κ2) is 5.75. The van der Waals surface area contributed by atoms with Crippen LogP contribution in [0.25, 0.3) is 0 Å². The monoisotopic (exact) mass is 330 g/mol. The molecule has 0 heteroatoms. The maximum atomic E-state index is 2.75. The van der Waals surface area contributed by atoms with Crippen LogP contribution in [-0.2, 0) is 0 Å². The lowest BCUT2D eigenvalue weighted by Crippen LogP contribution is -2.47. The first-order chi connectivity index (χ1) is 11.3. The first-order valence-corrected chi connectivity index (χ1v) is 11.3. The summed E-state index contributed by atoms with van der Waals surface area (Å²) in [5.41, 5.74) is 1.86. The number of fused-ring (bicyclic) bond motifs is 5. The Hall–Kier alpha value is 0. The predicted octanol–water partition coefficient (Wildman–Crippen LogP) is 7.47. The molecule has 0 amide bonds. The molecule has 0 aromatic heterocycles. The van der Waals surface area contributed by atoms with Crippen molar-refractivity contribution in [2.45, 2.75) is 105 Å². The molecule has 0 aromatic rings. The Balaban J connectivity index is 1.67. The van der Waals surface area contributed by atoms with Gasteiger partial charge in [0, 0.05) is 0 Å². The number of rotatable bonds is 0. The third kappa shape index (κ3) is 2.37. The van der Waals surface area contributed by atoms with Crippen molar-refractivity contribution >= 4 is 0 Å². The largest absolute Gasteiger partial charge is 0.0625 e. The van der Waals surface area contributed by atoms with Gasteiger partial charge < -0.3 is 0 Å². The molecule has 7 atom stereocenters. The van der Waals surface area contributed by atoms with Gasteiger partial charge in [-0.2, -0.15) is 0 Å². The van der Waals surface area contributed by atoms with Gasteiger partial charge in [0.15, 0.2) is 0 Å². The van der Waals surface area contributed by atoms with E-state index >= 15 is 0 Å². The van der Waals surface area contributed by atoms with Gasteiger partial charge in [0.2, 0.25) is 0 Å². The predicted molar refractivity (Wildman–Crippen MR) is 104 cm³/mol. The van der Waals surface area contributed by atoms with Gasteiger partial charge in [-0.3, -0.25) is 0 Å². The molecule has 0 saturated heterocycles. The Morgan fingerprint density at radius 2 is 1.46 bits per heavy atom. The minimum atomic E-state index is 0.572. The molecule has 24 heavy (non-hydrogen) atoms. The van der Waals surface area contributed by atoms with Crippen LogP contribution >= 0.6 is 0 Å². The Morgan fingerprint density at radius 3 is 2.25 bits per heavy atom. The Labute approximate surface area is 151 Å². The topological polar surface area (TPSA) is 0 Å². The number of hydrogen-bond acceptors (Lipinski definition) is 0.